The minimum Gasteiger partial charge on any atom is -0.493 e. The van der Waals surface area contributed by atoms with Crippen LogP contribution in [-0.4, -0.2) is 43.8 Å². The third-order valence-electron chi connectivity index (χ3n) is 7.00. The van der Waals surface area contributed by atoms with Crippen molar-refractivity contribution in [1.82, 2.24) is 4.90 Å². The maximum atomic E-state index is 13.8. The van der Waals surface area contributed by atoms with E-state index in [4.69, 9.17) is 18.6 Å². The van der Waals surface area contributed by atoms with E-state index in [1.54, 1.807) is 18.1 Å². The van der Waals surface area contributed by atoms with Gasteiger partial charge in [-0.1, -0.05) is 31.5 Å². The molecule has 0 N–H and O–H groups in total. The van der Waals surface area contributed by atoms with Crippen molar-refractivity contribution in [1.29, 1.82) is 0 Å². The summed E-state index contributed by atoms with van der Waals surface area (Å²) >= 11 is 0. The maximum absolute atomic E-state index is 13.8. The van der Waals surface area contributed by atoms with E-state index in [0.717, 1.165) is 30.4 Å². The van der Waals surface area contributed by atoms with Crippen LogP contribution in [0.4, 0.5) is 0 Å². The fourth-order valence-corrected chi connectivity index (χ4v) is 5.05. The molecule has 0 radical (unpaired) electrons. The number of hydrogen-bond donors (Lipinski definition) is 0. The molecule has 0 unspecified atom stereocenters. The number of nitrogens with zero attached hydrogens (tertiary/aromatic N) is 1. The van der Waals surface area contributed by atoms with E-state index in [1.165, 1.54) is 0 Å². The van der Waals surface area contributed by atoms with Gasteiger partial charge in [0, 0.05) is 13.2 Å². The molecule has 2 aliphatic rings. The summed E-state index contributed by atoms with van der Waals surface area (Å²) in [7, 11) is 1.59. The Balaban J connectivity index is 1.60. The second-order valence-corrected chi connectivity index (χ2v) is 10.1. The minimum atomic E-state index is -0.600. The first-order chi connectivity index (χ1) is 17.4. The van der Waals surface area contributed by atoms with E-state index in [9.17, 15) is 9.59 Å². The number of ether oxygens (including phenoxy) is 3. The Labute approximate surface area is 210 Å². The smallest absolute Gasteiger partial charge is 0.291 e. The molecule has 0 saturated carbocycles. The van der Waals surface area contributed by atoms with E-state index in [0.29, 0.717) is 53.7 Å². The predicted molar refractivity (Wildman–Crippen MR) is 137 cm³/mol. The molecule has 0 bridgehead atoms. The van der Waals surface area contributed by atoms with E-state index in [1.807, 2.05) is 37.3 Å². The summed E-state index contributed by atoms with van der Waals surface area (Å²) in [4.78, 5) is 29.1. The Bertz CT molecular complexity index is 1340. The SMILES string of the molecule is COc1cc([C@@H]2c3c(oc4ccc(C)cc4c3=O)C(=O)N2C[C@@H]2CCCO2)ccc1OCCC(C)C. The number of amides is 1. The zero-order valence-electron chi connectivity index (χ0n) is 21.3. The number of carbonyl (C=O) groups is 1. The van der Waals surface area contributed by atoms with Gasteiger partial charge in [0.25, 0.3) is 5.91 Å². The number of rotatable bonds is 8. The fourth-order valence-electron chi connectivity index (χ4n) is 5.05. The molecule has 5 rings (SSSR count). The van der Waals surface area contributed by atoms with Crippen molar-refractivity contribution < 1.29 is 23.4 Å². The summed E-state index contributed by atoms with van der Waals surface area (Å²) in [6.07, 6.45) is 2.69. The summed E-state index contributed by atoms with van der Waals surface area (Å²) < 4.78 is 23.5. The van der Waals surface area contributed by atoms with Gasteiger partial charge in [-0.3, -0.25) is 9.59 Å². The lowest BCUT2D eigenvalue weighted by atomic mass is 9.97. The lowest BCUT2D eigenvalue weighted by Crippen LogP contribution is -2.36. The van der Waals surface area contributed by atoms with E-state index >= 15 is 0 Å². The highest BCUT2D eigenvalue weighted by atomic mass is 16.5. The molecule has 7 nitrogen and oxygen atoms in total. The highest BCUT2D eigenvalue weighted by Crippen LogP contribution is 2.41. The molecule has 7 heteroatoms. The average Bonchev–Trinajstić information content (AvgIpc) is 3.47. The number of aryl methyl sites for hydroxylation is 1. The van der Waals surface area contributed by atoms with Gasteiger partial charge in [-0.25, -0.2) is 0 Å². The molecule has 2 atom stereocenters. The molecule has 3 aromatic rings. The molecule has 1 amide bonds. The topological polar surface area (TPSA) is 78.2 Å². The monoisotopic (exact) mass is 491 g/mol. The first kappa shape index (κ1) is 24.4. The number of hydrogen-bond acceptors (Lipinski definition) is 6. The molecule has 1 aromatic heterocycles. The van der Waals surface area contributed by atoms with Gasteiger partial charge in [-0.05, 0) is 61.9 Å². The Kier molecular flexibility index (Phi) is 6.75. The van der Waals surface area contributed by atoms with E-state index in [-0.39, 0.29) is 23.2 Å². The Morgan fingerprint density at radius 2 is 1.94 bits per heavy atom. The van der Waals surface area contributed by atoms with Crippen molar-refractivity contribution in [2.75, 3.05) is 26.9 Å². The van der Waals surface area contributed by atoms with Crippen LogP contribution >= 0.6 is 0 Å². The Morgan fingerprint density at radius 1 is 1.11 bits per heavy atom. The molecule has 36 heavy (non-hydrogen) atoms. The average molecular weight is 492 g/mol. The molecule has 1 saturated heterocycles. The van der Waals surface area contributed by atoms with Crippen LogP contribution in [0.1, 0.15) is 66.4 Å². The third-order valence-corrected chi connectivity index (χ3v) is 7.00. The van der Waals surface area contributed by atoms with Gasteiger partial charge < -0.3 is 23.5 Å². The first-order valence-electron chi connectivity index (χ1n) is 12.7. The molecular weight excluding hydrogens is 458 g/mol. The second-order valence-electron chi connectivity index (χ2n) is 10.1. The van der Waals surface area contributed by atoms with Crippen LogP contribution in [0.5, 0.6) is 11.5 Å². The minimum absolute atomic E-state index is 0.0712. The number of benzene rings is 2. The predicted octanol–water partition coefficient (Wildman–Crippen LogP) is 5.26. The lowest BCUT2D eigenvalue weighted by Gasteiger charge is -2.28. The number of carbonyl (C=O) groups excluding carboxylic acids is 1. The third kappa shape index (κ3) is 4.48. The molecule has 2 aromatic carbocycles. The quantitative estimate of drug-likeness (QED) is 0.428. The summed E-state index contributed by atoms with van der Waals surface area (Å²) in [5.41, 5.74) is 2.33. The van der Waals surface area contributed by atoms with E-state index in [2.05, 4.69) is 13.8 Å². The zero-order valence-corrected chi connectivity index (χ0v) is 21.3. The van der Waals surface area contributed by atoms with Gasteiger partial charge in [-0.15, -0.1) is 0 Å². The van der Waals surface area contributed by atoms with Gasteiger partial charge in [0.1, 0.15) is 5.58 Å². The van der Waals surface area contributed by atoms with Crippen LogP contribution in [0.3, 0.4) is 0 Å². The number of methoxy groups -OCH3 is 1. The van der Waals surface area contributed by atoms with Gasteiger partial charge >= 0.3 is 0 Å². The fraction of sp³-hybridized carbons (Fsp3) is 0.448. The highest BCUT2D eigenvalue weighted by molar-refractivity contribution is 5.99. The van der Waals surface area contributed by atoms with Crippen molar-refractivity contribution in [3.8, 4) is 11.5 Å². The van der Waals surface area contributed by atoms with Crippen molar-refractivity contribution in [3.05, 3.63) is 69.1 Å². The molecule has 190 valence electrons. The van der Waals surface area contributed by atoms with Crippen molar-refractivity contribution in [3.63, 3.8) is 0 Å². The van der Waals surface area contributed by atoms with Crippen LogP contribution in [0.15, 0.2) is 45.6 Å². The lowest BCUT2D eigenvalue weighted by molar-refractivity contribution is 0.0486. The number of fused-ring (bicyclic) bond motifs is 2. The largest absolute Gasteiger partial charge is 0.493 e. The van der Waals surface area contributed by atoms with Gasteiger partial charge in [-0.2, -0.15) is 0 Å². The molecule has 1 fully saturated rings. The molecule has 2 aliphatic heterocycles. The summed E-state index contributed by atoms with van der Waals surface area (Å²) in [6, 6.07) is 10.5. The standard InChI is InChI=1S/C29H33NO6/c1-17(2)11-13-35-23-10-8-19(15-24(23)33-4)26-25-27(31)21-14-18(3)7-9-22(21)36-28(25)29(32)30(26)16-20-6-5-12-34-20/h7-10,14-15,17,20,26H,5-6,11-13,16H2,1-4H3/t20-,26+/m0/s1. The molecule has 0 spiro atoms. The van der Waals surface area contributed by atoms with Gasteiger partial charge in [0.15, 0.2) is 16.9 Å². The van der Waals surface area contributed by atoms with Crippen LogP contribution in [0.2, 0.25) is 0 Å². The van der Waals surface area contributed by atoms with Crippen LogP contribution in [-0.2, 0) is 4.74 Å². The highest BCUT2D eigenvalue weighted by Gasteiger charge is 2.44. The van der Waals surface area contributed by atoms with Crippen LogP contribution in [0.25, 0.3) is 11.0 Å². The summed E-state index contributed by atoms with van der Waals surface area (Å²) in [6.45, 7) is 7.88. The van der Waals surface area contributed by atoms with Crippen molar-refractivity contribution >= 4 is 16.9 Å². The van der Waals surface area contributed by atoms with Crippen molar-refractivity contribution in [2.45, 2.75) is 52.2 Å². The first-order valence-corrected chi connectivity index (χ1v) is 12.7. The van der Waals surface area contributed by atoms with Crippen LogP contribution in [0, 0.1) is 12.8 Å². The molecule has 3 heterocycles. The van der Waals surface area contributed by atoms with Crippen molar-refractivity contribution in [2.24, 2.45) is 5.92 Å². The Morgan fingerprint density at radius 3 is 2.67 bits per heavy atom. The van der Waals surface area contributed by atoms with Gasteiger partial charge in [0.05, 0.1) is 36.8 Å². The zero-order chi connectivity index (χ0) is 25.4. The summed E-state index contributed by atoms with van der Waals surface area (Å²) in [5.74, 6) is 1.55. The normalized spacial score (nSPS) is 19.4. The van der Waals surface area contributed by atoms with E-state index < -0.39 is 6.04 Å². The Hall–Kier alpha value is -3.32. The van der Waals surface area contributed by atoms with Crippen LogP contribution < -0.4 is 14.9 Å². The summed E-state index contributed by atoms with van der Waals surface area (Å²) in [5, 5.41) is 0.478. The second kappa shape index (κ2) is 9.97. The van der Waals surface area contributed by atoms with Gasteiger partial charge in [0.2, 0.25) is 5.76 Å². The maximum Gasteiger partial charge on any atom is 0.291 e. The molecule has 0 aliphatic carbocycles. The molecular formula is C29H33NO6.